The van der Waals surface area contributed by atoms with Crippen molar-refractivity contribution in [2.75, 3.05) is 0 Å². The van der Waals surface area contributed by atoms with Crippen LogP contribution in [0.25, 0.3) is 0 Å². The molecule has 6 nitrogen and oxygen atoms in total. The van der Waals surface area contributed by atoms with E-state index in [4.69, 9.17) is 14.8 Å². The van der Waals surface area contributed by atoms with Crippen molar-refractivity contribution in [1.82, 2.24) is 10.2 Å². The van der Waals surface area contributed by atoms with Gasteiger partial charge in [-0.3, -0.25) is 0 Å². The number of carbonyl (C=O) groups is 1. The molecule has 2 aromatic heterocycles. The first-order valence-corrected chi connectivity index (χ1v) is 6.09. The van der Waals surface area contributed by atoms with Gasteiger partial charge in [-0.1, -0.05) is 0 Å². The van der Waals surface area contributed by atoms with Crippen LogP contribution in [0.5, 0.6) is 0 Å². The minimum Gasteiger partial charge on any atom is -0.475 e. The molecule has 0 radical (unpaired) electrons. The summed E-state index contributed by atoms with van der Waals surface area (Å²) in [6.45, 7) is 3.56. The standard InChI is InChI=1S/C12H9N3O3S/c1-6-7(2)14-15-11(8(6)5-13)19-10-4-3-9(18-10)12(16)17/h3-4H,1-2H3,(H,16,17). The van der Waals surface area contributed by atoms with E-state index in [0.717, 1.165) is 17.3 Å². The molecule has 7 heteroatoms. The van der Waals surface area contributed by atoms with Crippen molar-refractivity contribution in [2.45, 2.75) is 24.0 Å². The molecule has 0 bridgehead atoms. The molecule has 96 valence electrons. The number of aryl methyl sites for hydroxylation is 1. The summed E-state index contributed by atoms with van der Waals surface area (Å²) in [5, 5.41) is 26.5. The van der Waals surface area contributed by atoms with Crippen LogP contribution in [-0.2, 0) is 0 Å². The third-order valence-electron chi connectivity index (χ3n) is 2.52. The van der Waals surface area contributed by atoms with Gasteiger partial charge in [-0.2, -0.15) is 10.4 Å². The molecule has 2 heterocycles. The molecule has 0 aliphatic carbocycles. The maximum absolute atomic E-state index is 10.7. The Kier molecular flexibility index (Phi) is 3.53. The second-order valence-electron chi connectivity index (χ2n) is 3.73. The predicted molar refractivity (Wildman–Crippen MR) is 66.0 cm³/mol. The number of aromatic carboxylic acids is 1. The Balaban J connectivity index is 2.36. The van der Waals surface area contributed by atoms with E-state index >= 15 is 0 Å². The molecule has 0 atom stereocenters. The van der Waals surface area contributed by atoms with Crippen LogP contribution in [0.1, 0.15) is 27.4 Å². The molecule has 1 N–H and O–H groups in total. The van der Waals surface area contributed by atoms with Gasteiger partial charge in [0.2, 0.25) is 5.76 Å². The van der Waals surface area contributed by atoms with Gasteiger partial charge in [0.15, 0.2) is 5.09 Å². The minimum atomic E-state index is -1.14. The highest BCUT2D eigenvalue weighted by Crippen LogP contribution is 2.31. The van der Waals surface area contributed by atoms with Crippen LogP contribution >= 0.6 is 11.8 Å². The van der Waals surface area contributed by atoms with Crippen molar-refractivity contribution in [1.29, 1.82) is 5.26 Å². The third-order valence-corrected chi connectivity index (χ3v) is 3.42. The SMILES string of the molecule is Cc1nnc(Sc2ccc(C(=O)O)o2)c(C#N)c1C. The summed E-state index contributed by atoms with van der Waals surface area (Å²) < 4.78 is 5.10. The normalized spacial score (nSPS) is 10.2. The van der Waals surface area contributed by atoms with E-state index in [1.807, 2.05) is 0 Å². The van der Waals surface area contributed by atoms with E-state index in [0.29, 0.717) is 21.4 Å². The highest BCUT2D eigenvalue weighted by molar-refractivity contribution is 7.99. The number of nitriles is 1. The lowest BCUT2D eigenvalue weighted by Crippen LogP contribution is -1.98. The van der Waals surface area contributed by atoms with E-state index in [9.17, 15) is 4.79 Å². The molecule has 0 fully saturated rings. The van der Waals surface area contributed by atoms with Gasteiger partial charge in [0, 0.05) is 0 Å². The number of nitrogens with zero attached hydrogens (tertiary/aromatic N) is 3. The van der Waals surface area contributed by atoms with Crippen LogP contribution in [0.15, 0.2) is 26.7 Å². The van der Waals surface area contributed by atoms with Crippen molar-refractivity contribution in [3.05, 3.63) is 34.7 Å². The minimum absolute atomic E-state index is 0.155. The number of carboxylic acid groups (broad SMARTS) is 1. The van der Waals surface area contributed by atoms with Gasteiger partial charge < -0.3 is 9.52 Å². The first-order chi connectivity index (χ1) is 9.02. The molecule has 0 aliphatic heterocycles. The maximum Gasteiger partial charge on any atom is 0.371 e. The number of furan rings is 1. The first-order valence-electron chi connectivity index (χ1n) is 5.28. The third kappa shape index (κ3) is 2.58. The largest absolute Gasteiger partial charge is 0.475 e. The molecular weight excluding hydrogens is 266 g/mol. The summed E-state index contributed by atoms with van der Waals surface area (Å²) in [4.78, 5) is 10.7. The van der Waals surface area contributed by atoms with Crippen LogP contribution in [-0.4, -0.2) is 21.3 Å². The second kappa shape index (κ2) is 5.12. The Morgan fingerprint density at radius 3 is 2.74 bits per heavy atom. The summed E-state index contributed by atoms with van der Waals surface area (Å²) in [5.41, 5.74) is 1.86. The lowest BCUT2D eigenvalue weighted by atomic mass is 10.1. The lowest BCUT2D eigenvalue weighted by Gasteiger charge is -2.04. The van der Waals surface area contributed by atoms with Crippen LogP contribution in [0, 0.1) is 25.2 Å². The van der Waals surface area contributed by atoms with Gasteiger partial charge in [0.25, 0.3) is 0 Å². The molecule has 19 heavy (non-hydrogen) atoms. The first kappa shape index (κ1) is 13.1. The number of aromatic nitrogens is 2. The fraction of sp³-hybridized carbons (Fsp3) is 0.167. The molecule has 2 aromatic rings. The average molecular weight is 275 g/mol. The van der Waals surface area contributed by atoms with Gasteiger partial charge in [-0.25, -0.2) is 4.79 Å². The van der Waals surface area contributed by atoms with Crippen molar-refractivity contribution in [3.8, 4) is 6.07 Å². The smallest absolute Gasteiger partial charge is 0.371 e. The van der Waals surface area contributed by atoms with E-state index in [1.165, 1.54) is 12.1 Å². The Morgan fingerprint density at radius 1 is 1.42 bits per heavy atom. The number of rotatable bonds is 3. The van der Waals surface area contributed by atoms with Gasteiger partial charge >= 0.3 is 5.97 Å². The average Bonchev–Trinajstić information content (AvgIpc) is 2.83. The van der Waals surface area contributed by atoms with Crippen LogP contribution < -0.4 is 0 Å². The summed E-state index contributed by atoms with van der Waals surface area (Å²) in [6.07, 6.45) is 0. The topological polar surface area (TPSA) is 100 Å². The van der Waals surface area contributed by atoms with Crippen LogP contribution in [0.2, 0.25) is 0 Å². The van der Waals surface area contributed by atoms with Crippen molar-refractivity contribution in [2.24, 2.45) is 0 Å². The highest BCUT2D eigenvalue weighted by atomic mass is 32.2. The fourth-order valence-corrected chi connectivity index (χ4v) is 2.22. The number of carboxylic acids is 1. The highest BCUT2D eigenvalue weighted by Gasteiger charge is 2.15. The zero-order chi connectivity index (χ0) is 14.0. The number of hydrogen-bond donors (Lipinski definition) is 1. The Hall–Kier alpha value is -2.33. The molecule has 0 saturated heterocycles. The van der Waals surface area contributed by atoms with Gasteiger partial charge in [0.1, 0.15) is 11.1 Å². The van der Waals surface area contributed by atoms with Gasteiger partial charge in [0.05, 0.1) is 11.3 Å². The molecule has 0 aromatic carbocycles. The molecular formula is C12H9N3O3S. The predicted octanol–water partition coefficient (Wildman–Crippen LogP) is 2.41. The molecule has 0 saturated carbocycles. The zero-order valence-electron chi connectivity index (χ0n) is 10.2. The Morgan fingerprint density at radius 2 is 2.16 bits per heavy atom. The quantitative estimate of drug-likeness (QED) is 0.917. The Labute approximate surface area is 113 Å². The fourth-order valence-electron chi connectivity index (χ4n) is 1.38. The van der Waals surface area contributed by atoms with E-state index < -0.39 is 5.97 Å². The lowest BCUT2D eigenvalue weighted by molar-refractivity contribution is 0.0656. The van der Waals surface area contributed by atoms with E-state index in [1.54, 1.807) is 13.8 Å². The Bertz CT molecular complexity index is 688. The second-order valence-corrected chi connectivity index (χ2v) is 4.72. The van der Waals surface area contributed by atoms with E-state index in [-0.39, 0.29) is 5.76 Å². The molecule has 0 spiro atoms. The van der Waals surface area contributed by atoms with Crippen molar-refractivity contribution < 1.29 is 14.3 Å². The summed E-state index contributed by atoms with van der Waals surface area (Å²) in [6, 6.07) is 4.95. The molecule has 0 unspecified atom stereocenters. The summed E-state index contributed by atoms with van der Waals surface area (Å²) in [7, 11) is 0. The number of hydrogen-bond acceptors (Lipinski definition) is 6. The zero-order valence-corrected chi connectivity index (χ0v) is 11.0. The maximum atomic E-state index is 10.7. The van der Waals surface area contributed by atoms with Gasteiger partial charge in [-0.15, -0.1) is 5.10 Å². The van der Waals surface area contributed by atoms with E-state index in [2.05, 4.69) is 16.3 Å². The van der Waals surface area contributed by atoms with Crippen LogP contribution in [0.4, 0.5) is 0 Å². The molecule has 0 amide bonds. The summed E-state index contributed by atoms with van der Waals surface area (Å²) >= 11 is 1.07. The molecule has 2 rings (SSSR count). The van der Waals surface area contributed by atoms with Gasteiger partial charge in [-0.05, 0) is 43.3 Å². The summed E-state index contributed by atoms with van der Waals surface area (Å²) in [5.74, 6) is -1.30. The van der Waals surface area contributed by atoms with Crippen LogP contribution in [0.3, 0.4) is 0 Å². The van der Waals surface area contributed by atoms with Crippen molar-refractivity contribution in [3.63, 3.8) is 0 Å². The molecule has 0 aliphatic rings. The van der Waals surface area contributed by atoms with Crippen molar-refractivity contribution >= 4 is 17.7 Å². The monoisotopic (exact) mass is 275 g/mol.